The average molecular weight is 282 g/mol. The van der Waals surface area contributed by atoms with Gasteiger partial charge in [-0.1, -0.05) is 13.0 Å². The van der Waals surface area contributed by atoms with Crippen LogP contribution in [-0.2, 0) is 14.8 Å². The van der Waals surface area contributed by atoms with Crippen LogP contribution in [-0.4, -0.2) is 14.3 Å². The number of anilines is 1. The molecule has 2 rings (SSSR count). The van der Waals surface area contributed by atoms with Crippen LogP contribution < -0.4 is 10.5 Å². The Bertz CT molecular complexity index is 606. The fourth-order valence-corrected chi connectivity index (χ4v) is 2.86. The lowest BCUT2D eigenvalue weighted by Crippen LogP contribution is -2.22. The molecule has 104 valence electrons. The predicted molar refractivity (Wildman–Crippen MR) is 73.1 cm³/mol. The first-order valence-electron chi connectivity index (χ1n) is 6.23. The van der Waals surface area contributed by atoms with Crippen molar-refractivity contribution < 1.29 is 13.2 Å². The molecule has 1 aromatic rings. The number of rotatable bonds is 4. The van der Waals surface area contributed by atoms with E-state index in [9.17, 15) is 13.2 Å². The number of amides is 1. The molecular formula is C13H18N2O3S. The van der Waals surface area contributed by atoms with Crippen molar-refractivity contribution >= 4 is 21.6 Å². The van der Waals surface area contributed by atoms with Gasteiger partial charge in [-0.3, -0.25) is 4.79 Å². The number of nitrogens with two attached hydrogens (primary N) is 1. The molecule has 1 aliphatic rings. The maximum atomic E-state index is 11.9. The maximum Gasteiger partial charge on any atom is 0.238 e. The Morgan fingerprint density at radius 1 is 1.42 bits per heavy atom. The normalized spacial score (nSPS) is 17.0. The van der Waals surface area contributed by atoms with Crippen LogP contribution in [0.3, 0.4) is 0 Å². The molecule has 0 aromatic heterocycles. The van der Waals surface area contributed by atoms with Gasteiger partial charge in [-0.2, -0.15) is 0 Å². The number of hydrogen-bond donors (Lipinski definition) is 2. The third-order valence-electron chi connectivity index (χ3n) is 3.50. The van der Waals surface area contributed by atoms with E-state index >= 15 is 0 Å². The summed E-state index contributed by atoms with van der Waals surface area (Å²) in [6, 6.07) is 4.72. The van der Waals surface area contributed by atoms with E-state index in [1.54, 1.807) is 19.1 Å². The predicted octanol–water partition coefficient (Wildman–Crippen LogP) is 1.63. The summed E-state index contributed by atoms with van der Waals surface area (Å²) in [5, 5.41) is 7.88. The zero-order valence-corrected chi connectivity index (χ0v) is 11.8. The first kappa shape index (κ1) is 14.0. The van der Waals surface area contributed by atoms with E-state index in [0.29, 0.717) is 17.2 Å². The smallest absolute Gasteiger partial charge is 0.238 e. The van der Waals surface area contributed by atoms with Crippen LogP contribution in [0.15, 0.2) is 23.1 Å². The number of carbonyl (C=O) groups is 1. The van der Waals surface area contributed by atoms with Gasteiger partial charge in [-0.25, -0.2) is 13.6 Å². The summed E-state index contributed by atoms with van der Waals surface area (Å²) in [7, 11) is -3.77. The lowest BCUT2D eigenvalue weighted by molar-refractivity contribution is -0.119. The van der Waals surface area contributed by atoms with Gasteiger partial charge in [0.1, 0.15) is 0 Å². The summed E-state index contributed by atoms with van der Waals surface area (Å²) in [6.07, 6.45) is 2.18. The first-order chi connectivity index (χ1) is 8.79. The van der Waals surface area contributed by atoms with Gasteiger partial charge in [-0.15, -0.1) is 0 Å². The number of benzene rings is 1. The number of nitrogens with one attached hydrogen (secondary N) is 1. The van der Waals surface area contributed by atoms with Crippen molar-refractivity contribution in [2.24, 2.45) is 17.0 Å². The van der Waals surface area contributed by atoms with Crippen LogP contribution in [0.1, 0.15) is 25.3 Å². The van der Waals surface area contributed by atoms with Gasteiger partial charge in [0.25, 0.3) is 0 Å². The van der Waals surface area contributed by atoms with Crippen LogP contribution in [0.2, 0.25) is 0 Å². The van der Waals surface area contributed by atoms with Crippen molar-refractivity contribution in [3.63, 3.8) is 0 Å². The fourth-order valence-electron chi connectivity index (χ4n) is 2.05. The molecular weight excluding hydrogens is 264 g/mol. The zero-order valence-electron chi connectivity index (χ0n) is 11.0. The minimum Gasteiger partial charge on any atom is -0.326 e. The molecule has 3 N–H and O–H groups in total. The van der Waals surface area contributed by atoms with Gasteiger partial charge in [0.2, 0.25) is 15.9 Å². The summed E-state index contributed by atoms with van der Waals surface area (Å²) in [5.74, 6) is 0.342. The van der Waals surface area contributed by atoms with E-state index in [2.05, 4.69) is 5.32 Å². The van der Waals surface area contributed by atoms with Crippen molar-refractivity contribution in [3.05, 3.63) is 23.8 Å². The highest BCUT2D eigenvalue weighted by Gasteiger charge is 2.32. The SMILES string of the molecule is Cc1ccc(NC(=O)C(C)C2CC2)cc1S(N)(=O)=O. The molecule has 6 heteroatoms. The van der Waals surface area contributed by atoms with Crippen molar-refractivity contribution in [3.8, 4) is 0 Å². The standard InChI is InChI=1S/C13H18N2O3S/c1-8-3-6-11(7-12(8)19(14,17)18)15-13(16)9(2)10-4-5-10/h3,6-7,9-10H,4-5H2,1-2H3,(H,15,16)(H2,14,17,18). The number of primary sulfonamides is 1. The molecule has 1 saturated carbocycles. The van der Waals surface area contributed by atoms with E-state index in [-0.39, 0.29) is 16.7 Å². The second-order valence-corrected chi connectivity index (χ2v) is 6.67. The molecule has 19 heavy (non-hydrogen) atoms. The second kappa shape index (κ2) is 4.94. The average Bonchev–Trinajstić information content (AvgIpc) is 3.13. The summed E-state index contributed by atoms with van der Waals surface area (Å²) >= 11 is 0. The third-order valence-corrected chi connectivity index (χ3v) is 4.56. The van der Waals surface area contributed by atoms with Crippen molar-refractivity contribution in [1.82, 2.24) is 0 Å². The molecule has 1 fully saturated rings. The van der Waals surface area contributed by atoms with Gasteiger partial charge in [0.05, 0.1) is 4.90 Å². The van der Waals surface area contributed by atoms with Crippen molar-refractivity contribution in [2.75, 3.05) is 5.32 Å². The van der Waals surface area contributed by atoms with E-state index in [4.69, 9.17) is 5.14 Å². The molecule has 5 nitrogen and oxygen atoms in total. The molecule has 0 spiro atoms. The summed E-state index contributed by atoms with van der Waals surface area (Å²) in [5.41, 5.74) is 1.03. The van der Waals surface area contributed by atoms with Crippen LogP contribution in [0.4, 0.5) is 5.69 Å². The monoisotopic (exact) mass is 282 g/mol. The largest absolute Gasteiger partial charge is 0.326 e. The highest BCUT2D eigenvalue weighted by Crippen LogP contribution is 2.37. The summed E-state index contributed by atoms with van der Waals surface area (Å²) in [6.45, 7) is 3.56. The van der Waals surface area contributed by atoms with E-state index in [1.165, 1.54) is 6.07 Å². The molecule has 1 aliphatic carbocycles. The highest BCUT2D eigenvalue weighted by atomic mass is 32.2. The van der Waals surface area contributed by atoms with Crippen LogP contribution in [0, 0.1) is 18.8 Å². The second-order valence-electron chi connectivity index (χ2n) is 5.14. The number of sulfonamides is 1. The molecule has 0 radical (unpaired) electrons. The molecule has 1 atom stereocenters. The summed E-state index contributed by atoms with van der Waals surface area (Å²) in [4.78, 5) is 12.0. The Labute approximate surface area is 113 Å². The third kappa shape index (κ3) is 3.33. The van der Waals surface area contributed by atoms with Crippen LogP contribution >= 0.6 is 0 Å². The number of hydrogen-bond acceptors (Lipinski definition) is 3. The Balaban J connectivity index is 2.19. The topological polar surface area (TPSA) is 89.3 Å². The Hall–Kier alpha value is -1.40. The fraction of sp³-hybridized carbons (Fsp3) is 0.462. The Morgan fingerprint density at radius 2 is 2.05 bits per heavy atom. The van der Waals surface area contributed by atoms with Gasteiger partial charge in [0.15, 0.2) is 0 Å². The minimum atomic E-state index is -3.77. The first-order valence-corrected chi connectivity index (χ1v) is 7.78. The van der Waals surface area contributed by atoms with Gasteiger partial charge < -0.3 is 5.32 Å². The van der Waals surface area contributed by atoms with E-state index in [0.717, 1.165) is 12.8 Å². The highest BCUT2D eigenvalue weighted by molar-refractivity contribution is 7.89. The van der Waals surface area contributed by atoms with Gasteiger partial charge in [0, 0.05) is 11.6 Å². The molecule has 1 unspecified atom stereocenters. The van der Waals surface area contributed by atoms with Crippen LogP contribution in [0.25, 0.3) is 0 Å². The van der Waals surface area contributed by atoms with E-state index < -0.39 is 10.0 Å². The Kier molecular flexibility index (Phi) is 3.64. The summed E-state index contributed by atoms with van der Waals surface area (Å²) < 4.78 is 22.8. The number of aryl methyl sites for hydroxylation is 1. The van der Waals surface area contributed by atoms with Gasteiger partial charge in [-0.05, 0) is 43.4 Å². The lowest BCUT2D eigenvalue weighted by atomic mass is 10.1. The molecule has 1 aromatic carbocycles. The van der Waals surface area contributed by atoms with Crippen molar-refractivity contribution in [2.45, 2.75) is 31.6 Å². The zero-order chi connectivity index (χ0) is 14.2. The molecule has 0 bridgehead atoms. The molecule has 1 amide bonds. The van der Waals surface area contributed by atoms with Crippen LogP contribution in [0.5, 0.6) is 0 Å². The Morgan fingerprint density at radius 3 is 2.58 bits per heavy atom. The number of carbonyl (C=O) groups excluding carboxylic acids is 1. The lowest BCUT2D eigenvalue weighted by Gasteiger charge is -2.12. The molecule has 0 aliphatic heterocycles. The maximum absolute atomic E-state index is 11.9. The minimum absolute atomic E-state index is 0.0424. The van der Waals surface area contributed by atoms with Gasteiger partial charge >= 0.3 is 0 Å². The van der Waals surface area contributed by atoms with E-state index in [1.807, 2.05) is 6.92 Å². The molecule has 0 heterocycles. The quantitative estimate of drug-likeness (QED) is 0.879. The molecule has 0 saturated heterocycles. The van der Waals surface area contributed by atoms with Crippen molar-refractivity contribution in [1.29, 1.82) is 0 Å².